The Labute approximate surface area is 161 Å². The van der Waals surface area contributed by atoms with Crippen LogP contribution in [0.25, 0.3) is 10.2 Å². The van der Waals surface area contributed by atoms with Crippen LogP contribution in [0, 0.1) is 5.92 Å². The molecule has 1 aliphatic rings. The van der Waals surface area contributed by atoms with Gasteiger partial charge >= 0.3 is 5.97 Å². The van der Waals surface area contributed by atoms with Crippen LogP contribution >= 0.6 is 11.3 Å². The fraction of sp³-hybridized carbons (Fsp3) is 0.500. The molecule has 0 N–H and O–H groups in total. The number of aromatic nitrogens is 1. The number of fused-ring (bicyclic) bond motifs is 1. The molecule has 2 aromatic rings. The molecular weight excluding hydrogens is 388 g/mol. The first-order valence-corrected chi connectivity index (χ1v) is 11.5. The second-order valence-electron chi connectivity index (χ2n) is 6.73. The molecule has 1 aliphatic carbocycles. The molecule has 0 saturated heterocycles. The van der Waals surface area contributed by atoms with Gasteiger partial charge in [-0.25, -0.2) is 8.42 Å². The second-order valence-corrected chi connectivity index (χ2v) is 9.76. The van der Waals surface area contributed by atoms with E-state index in [1.54, 1.807) is 16.7 Å². The molecule has 146 valence electrons. The Hall–Kier alpha value is -2.00. The number of sulfone groups is 1. The standard InChI is InChI=1S/C18H22N2O5S2/c1-25-16(21)11-20-14-9-8-13(27(2,23)24)10-15(14)26-18(20)19-17(22)12-6-4-3-5-7-12/h8-10,12H,3-7,11H2,1-2H3. The third-order valence-corrected chi connectivity index (χ3v) is 6.91. The summed E-state index contributed by atoms with van der Waals surface area (Å²) in [4.78, 5) is 29.3. The fourth-order valence-corrected chi connectivity index (χ4v) is 5.05. The number of thiazole rings is 1. The Morgan fingerprint density at radius 1 is 1.26 bits per heavy atom. The van der Waals surface area contributed by atoms with E-state index in [2.05, 4.69) is 4.99 Å². The van der Waals surface area contributed by atoms with Crippen molar-refractivity contribution in [2.75, 3.05) is 13.4 Å². The quantitative estimate of drug-likeness (QED) is 0.721. The fourth-order valence-electron chi connectivity index (χ4n) is 3.25. The monoisotopic (exact) mass is 410 g/mol. The molecule has 0 unspecified atom stereocenters. The summed E-state index contributed by atoms with van der Waals surface area (Å²) in [6.07, 6.45) is 6.01. The van der Waals surface area contributed by atoms with Crippen LogP contribution in [0.15, 0.2) is 28.1 Å². The third kappa shape index (κ3) is 4.47. The van der Waals surface area contributed by atoms with Crippen LogP contribution in [0.3, 0.4) is 0 Å². The highest BCUT2D eigenvalue weighted by Gasteiger charge is 2.21. The second kappa shape index (κ2) is 7.93. The van der Waals surface area contributed by atoms with Crippen LogP contribution in [0.2, 0.25) is 0 Å². The normalized spacial score (nSPS) is 16.6. The molecule has 1 saturated carbocycles. The number of benzene rings is 1. The Balaban J connectivity index is 2.11. The van der Waals surface area contributed by atoms with Gasteiger partial charge < -0.3 is 9.30 Å². The lowest BCUT2D eigenvalue weighted by atomic mass is 9.89. The van der Waals surface area contributed by atoms with Crippen molar-refractivity contribution < 1.29 is 22.7 Å². The zero-order valence-electron chi connectivity index (χ0n) is 15.3. The van der Waals surface area contributed by atoms with Crippen molar-refractivity contribution in [2.24, 2.45) is 10.9 Å². The summed E-state index contributed by atoms with van der Waals surface area (Å²) in [6.45, 7) is -0.0918. The number of carbonyl (C=O) groups excluding carboxylic acids is 2. The molecule has 27 heavy (non-hydrogen) atoms. The predicted octanol–water partition coefficient (Wildman–Crippen LogP) is 2.29. The largest absolute Gasteiger partial charge is 0.468 e. The third-order valence-electron chi connectivity index (χ3n) is 4.76. The number of methoxy groups -OCH3 is 1. The van der Waals surface area contributed by atoms with Crippen LogP contribution < -0.4 is 4.80 Å². The Bertz CT molecular complexity index is 1040. The highest BCUT2D eigenvalue weighted by molar-refractivity contribution is 7.90. The van der Waals surface area contributed by atoms with Gasteiger partial charge in [0.25, 0.3) is 5.91 Å². The van der Waals surface area contributed by atoms with E-state index in [1.165, 1.54) is 24.5 Å². The SMILES string of the molecule is COC(=O)Cn1c(=NC(=O)C2CCCCC2)sc2cc(S(C)(=O)=O)ccc21. The zero-order valence-corrected chi connectivity index (χ0v) is 16.9. The van der Waals surface area contributed by atoms with Crippen molar-refractivity contribution in [1.29, 1.82) is 0 Å². The summed E-state index contributed by atoms with van der Waals surface area (Å²) in [5.74, 6) is -0.723. The van der Waals surface area contributed by atoms with E-state index < -0.39 is 15.8 Å². The molecule has 1 aromatic carbocycles. The Kier molecular flexibility index (Phi) is 5.81. The molecule has 9 heteroatoms. The summed E-state index contributed by atoms with van der Waals surface area (Å²) >= 11 is 1.20. The number of carbonyl (C=O) groups is 2. The van der Waals surface area contributed by atoms with Crippen molar-refractivity contribution in [3.05, 3.63) is 23.0 Å². The smallest absolute Gasteiger partial charge is 0.325 e. The maximum atomic E-state index is 12.6. The van der Waals surface area contributed by atoms with E-state index in [1.807, 2.05) is 0 Å². The molecular formula is C18H22N2O5S2. The van der Waals surface area contributed by atoms with Crippen molar-refractivity contribution in [3.8, 4) is 0 Å². The van der Waals surface area contributed by atoms with Gasteiger partial charge in [-0.1, -0.05) is 30.6 Å². The van der Waals surface area contributed by atoms with Crippen LogP contribution in [0.5, 0.6) is 0 Å². The van der Waals surface area contributed by atoms with Gasteiger partial charge in [0.05, 0.1) is 22.2 Å². The van der Waals surface area contributed by atoms with Crippen LogP contribution in [-0.4, -0.2) is 38.2 Å². The Morgan fingerprint density at radius 2 is 1.96 bits per heavy atom. The number of nitrogens with zero attached hydrogens (tertiary/aromatic N) is 2. The number of esters is 1. The minimum atomic E-state index is -3.36. The van der Waals surface area contributed by atoms with Gasteiger partial charge in [-0.05, 0) is 31.0 Å². The summed E-state index contributed by atoms with van der Waals surface area (Å²) < 4.78 is 30.7. The van der Waals surface area contributed by atoms with Crippen LogP contribution in [0.4, 0.5) is 0 Å². The van der Waals surface area contributed by atoms with Crippen molar-refractivity contribution in [1.82, 2.24) is 4.57 Å². The van der Waals surface area contributed by atoms with Gasteiger partial charge in [0, 0.05) is 12.2 Å². The summed E-state index contributed by atoms with van der Waals surface area (Å²) in [7, 11) is -2.06. The minimum Gasteiger partial charge on any atom is -0.468 e. The molecule has 0 aliphatic heterocycles. The first-order chi connectivity index (χ1) is 12.8. The topological polar surface area (TPSA) is 94.8 Å². The van der Waals surface area contributed by atoms with Crippen molar-refractivity contribution >= 4 is 43.3 Å². The number of rotatable bonds is 4. The van der Waals surface area contributed by atoms with Gasteiger partial charge in [0.1, 0.15) is 6.54 Å². The van der Waals surface area contributed by atoms with Gasteiger partial charge in [-0.3, -0.25) is 9.59 Å². The highest BCUT2D eigenvalue weighted by atomic mass is 32.2. The van der Waals surface area contributed by atoms with E-state index in [-0.39, 0.29) is 23.3 Å². The van der Waals surface area contributed by atoms with Gasteiger partial charge in [-0.15, -0.1) is 0 Å². The lowest BCUT2D eigenvalue weighted by Crippen LogP contribution is -2.24. The number of amides is 1. The lowest BCUT2D eigenvalue weighted by Gasteiger charge is -2.17. The van der Waals surface area contributed by atoms with Crippen LogP contribution in [-0.2, 0) is 30.7 Å². The molecule has 0 bridgehead atoms. The first-order valence-electron chi connectivity index (χ1n) is 8.78. The number of hydrogen-bond donors (Lipinski definition) is 0. The molecule has 0 radical (unpaired) electrons. The van der Waals surface area contributed by atoms with E-state index in [9.17, 15) is 18.0 Å². The van der Waals surface area contributed by atoms with Gasteiger partial charge in [-0.2, -0.15) is 4.99 Å². The zero-order chi connectivity index (χ0) is 19.6. The molecule has 7 nitrogen and oxygen atoms in total. The summed E-state index contributed by atoms with van der Waals surface area (Å²) in [5, 5.41) is 0. The lowest BCUT2D eigenvalue weighted by molar-refractivity contribution is -0.141. The Morgan fingerprint density at radius 3 is 2.59 bits per heavy atom. The van der Waals surface area contributed by atoms with Gasteiger partial charge in [0.2, 0.25) is 0 Å². The minimum absolute atomic E-state index is 0.0814. The molecule has 0 atom stereocenters. The summed E-state index contributed by atoms with van der Waals surface area (Å²) in [5.41, 5.74) is 0.646. The predicted molar refractivity (Wildman–Crippen MR) is 102 cm³/mol. The van der Waals surface area contributed by atoms with E-state index >= 15 is 0 Å². The first kappa shape index (κ1) is 19.8. The van der Waals surface area contributed by atoms with E-state index in [0.717, 1.165) is 38.4 Å². The van der Waals surface area contributed by atoms with Crippen molar-refractivity contribution in [3.63, 3.8) is 0 Å². The average molecular weight is 411 g/mol. The molecule has 1 heterocycles. The van der Waals surface area contributed by atoms with Crippen molar-refractivity contribution in [2.45, 2.75) is 43.5 Å². The molecule has 0 spiro atoms. The number of ether oxygens (including phenoxy) is 1. The van der Waals surface area contributed by atoms with E-state index in [4.69, 9.17) is 4.74 Å². The molecule has 3 rings (SSSR count). The number of hydrogen-bond acceptors (Lipinski definition) is 6. The highest BCUT2D eigenvalue weighted by Crippen LogP contribution is 2.25. The molecule has 1 amide bonds. The summed E-state index contributed by atoms with van der Waals surface area (Å²) in [6, 6.07) is 4.67. The van der Waals surface area contributed by atoms with E-state index in [0.29, 0.717) is 15.0 Å². The maximum absolute atomic E-state index is 12.6. The molecule has 1 aromatic heterocycles. The molecule has 1 fully saturated rings. The van der Waals surface area contributed by atoms with Crippen LogP contribution in [0.1, 0.15) is 32.1 Å². The average Bonchev–Trinajstić information content (AvgIpc) is 2.98. The van der Waals surface area contributed by atoms with Gasteiger partial charge in [0.15, 0.2) is 14.6 Å². The maximum Gasteiger partial charge on any atom is 0.325 e.